The van der Waals surface area contributed by atoms with E-state index in [4.69, 9.17) is 0 Å². The monoisotopic (exact) mass is 446 g/mol. The number of fused-ring (bicyclic) bond motifs is 2. The fourth-order valence-electron chi connectivity index (χ4n) is 7.14. The van der Waals surface area contributed by atoms with Crippen LogP contribution in [-0.2, 0) is 20.0 Å². The zero-order valence-electron chi connectivity index (χ0n) is 18.5. The van der Waals surface area contributed by atoms with Gasteiger partial charge in [-0.2, -0.15) is 0 Å². The Hall–Kier alpha value is -2.96. The lowest BCUT2D eigenvalue weighted by molar-refractivity contribution is -0.210. The summed E-state index contributed by atoms with van der Waals surface area (Å²) in [5, 5.41) is 24.0. The van der Waals surface area contributed by atoms with E-state index < -0.39 is 64.6 Å². The van der Waals surface area contributed by atoms with Crippen molar-refractivity contribution in [1.82, 2.24) is 0 Å². The first-order valence-electron chi connectivity index (χ1n) is 11.3. The quantitative estimate of drug-likeness (QED) is 0.702. The third-order valence-corrected chi connectivity index (χ3v) is 8.32. The molecule has 0 unspecified atom stereocenters. The van der Waals surface area contributed by atoms with Crippen LogP contribution in [0.4, 0.5) is 0 Å². The molecule has 0 amide bonds. The minimum atomic E-state index is -1.98. The van der Waals surface area contributed by atoms with Gasteiger partial charge in [-0.3, -0.25) is 19.2 Å². The van der Waals surface area contributed by atoms with E-state index in [9.17, 15) is 29.4 Å². The maximum Gasteiger partial charge on any atom is 0.175 e. The van der Waals surface area contributed by atoms with Crippen LogP contribution in [0.3, 0.4) is 0 Å². The molecule has 6 heteroatoms. The SMILES string of the molecule is CC(=O)[C@H]1C(=O)C[C@]2(O)c3ccccc3C(=O)[C@@]23[C@H](O)[C@@H](C(C)=O)[C@H](c2ccccc2)C[C@H]13. The molecule has 6 nitrogen and oxygen atoms in total. The maximum atomic E-state index is 14.0. The van der Waals surface area contributed by atoms with Crippen LogP contribution in [0, 0.1) is 23.2 Å². The number of carbonyl (C=O) groups excluding carboxylic acids is 4. The molecule has 0 aromatic heterocycles. The lowest BCUT2D eigenvalue weighted by Gasteiger charge is -2.59. The molecular formula is C27H26O6. The minimum absolute atomic E-state index is 0.156. The predicted molar refractivity (Wildman–Crippen MR) is 118 cm³/mol. The van der Waals surface area contributed by atoms with Crippen molar-refractivity contribution in [3.8, 4) is 0 Å². The van der Waals surface area contributed by atoms with Crippen molar-refractivity contribution < 1.29 is 29.4 Å². The molecule has 2 saturated carbocycles. The molecular weight excluding hydrogens is 420 g/mol. The van der Waals surface area contributed by atoms with Crippen molar-refractivity contribution in [3.63, 3.8) is 0 Å². The van der Waals surface area contributed by atoms with Crippen molar-refractivity contribution in [2.24, 2.45) is 23.2 Å². The molecule has 1 spiro atoms. The molecule has 0 bridgehead atoms. The summed E-state index contributed by atoms with van der Waals surface area (Å²) in [7, 11) is 0. The highest BCUT2D eigenvalue weighted by Crippen LogP contribution is 2.68. The van der Waals surface area contributed by atoms with E-state index in [2.05, 4.69) is 0 Å². The zero-order valence-corrected chi connectivity index (χ0v) is 18.5. The van der Waals surface area contributed by atoms with Crippen LogP contribution < -0.4 is 0 Å². The van der Waals surface area contributed by atoms with Gasteiger partial charge in [0.15, 0.2) is 5.78 Å². The first-order chi connectivity index (χ1) is 15.7. The smallest absolute Gasteiger partial charge is 0.175 e. The Morgan fingerprint density at radius 3 is 2.21 bits per heavy atom. The van der Waals surface area contributed by atoms with Gasteiger partial charge in [-0.25, -0.2) is 0 Å². The summed E-state index contributed by atoms with van der Waals surface area (Å²) < 4.78 is 0. The standard InChI is InChI=1S/C27H26O6/c1-14(28)22-18(16-8-4-3-5-9-16)12-20-23(15(2)29)21(30)13-26(33)19-11-7-6-10-17(19)24(31)27(20,26)25(22)32/h3-11,18,20,22-23,25,32-33H,12-13H2,1-2H3/t18-,20+,22-,23+,25+,26-,27-/m0/s1. The van der Waals surface area contributed by atoms with E-state index in [1.807, 2.05) is 30.3 Å². The molecule has 170 valence electrons. The number of hydrogen-bond acceptors (Lipinski definition) is 6. The molecule has 3 aliphatic rings. The highest BCUT2D eigenvalue weighted by molar-refractivity contribution is 6.12. The molecule has 7 atom stereocenters. The Labute approximate surface area is 191 Å². The van der Waals surface area contributed by atoms with Gasteiger partial charge in [0.2, 0.25) is 0 Å². The number of aliphatic hydroxyl groups excluding tert-OH is 1. The van der Waals surface area contributed by atoms with Crippen LogP contribution in [0.15, 0.2) is 54.6 Å². The average molecular weight is 446 g/mol. The summed E-state index contributed by atoms with van der Waals surface area (Å²) in [6, 6.07) is 15.7. The van der Waals surface area contributed by atoms with E-state index in [0.717, 1.165) is 5.56 Å². The summed E-state index contributed by atoms with van der Waals surface area (Å²) in [6.45, 7) is 2.69. The van der Waals surface area contributed by atoms with Gasteiger partial charge in [0, 0.05) is 12.0 Å². The topological polar surface area (TPSA) is 109 Å². The van der Waals surface area contributed by atoms with Gasteiger partial charge in [0.05, 0.1) is 23.4 Å². The second-order valence-electron chi connectivity index (χ2n) is 9.78. The fraction of sp³-hybridized carbons (Fsp3) is 0.407. The lowest BCUT2D eigenvalue weighted by atomic mass is 9.43. The Morgan fingerprint density at radius 1 is 0.939 bits per heavy atom. The molecule has 33 heavy (non-hydrogen) atoms. The highest BCUT2D eigenvalue weighted by Gasteiger charge is 2.77. The van der Waals surface area contributed by atoms with E-state index in [0.29, 0.717) is 0 Å². The van der Waals surface area contributed by atoms with Crippen LogP contribution in [0.1, 0.15) is 54.1 Å². The van der Waals surface area contributed by atoms with Crippen molar-refractivity contribution in [1.29, 1.82) is 0 Å². The molecule has 0 aliphatic heterocycles. The molecule has 2 aromatic rings. The number of ketones is 4. The number of aliphatic hydroxyl groups is 2. The number of Topliss-reactive ketones (excluding diaryl/α,β-unsaturated/α-hetero) is 4. The summed E-state index contributed by atoms with van der Waals surface area (Å²) >= 11 is 0. The lowest BCUT2D eigenvalue weighted by Crippen LogP contribution is -2.70. The van der Waals surface area contributed by atoms with Crippen molar-refractivity contribution >= 4 is 23.1 Å². The summed E-state index contributed by atoms with van der Waals surface area (Å²) in [5.41, 5.74) is -2.51. The number of carbonyl (C=O) groups is 4. The van der Waals surface area contributed by atoms with Crippen molar-refractivity contribution in [3.05, 3.63) is 71.3 Å². The van der Waals surface area contributed by atoms with Crippen LogP contribution in [0.25, 0.3) is 0 Å². The molecule has 0 radical (unpaired) electrons. The van der Waals surface area contributed by atoms with Crippen molar-refractivity contribution in [2.75, 3.05) is 0 Å². The van der Waals surface area contributed by atoms with Crippen LogP contribution >= 0.6 is 0 Å². The van der Waals surface area contributed by atoms with Gasteiger partial charge in [-0.1, -0.05) is 54.6 Å². The summed E-state index contributed by atoms with van der Waals surface area (Å²) in [6.07, 6.45) is -1.85. The first-order valence-corrected chi connectivity index (χ1v) is 11.3. The zero-order chi connectivity index (χ0) is 23.7. The molecule has 0 saturated heterocycles. The Balaban J connectivity index is 1.80. The molecule has 2 N–H and O–H groups in total. The summed E-state index contributed by atoms with van der Waals surface area (Å²) in [4.78, 5) is 53.0. The molecule has 5 rings (SSSR count). The third kappa shape index (κ3) is 2.62. The van der Waals surface area contributed by atoms with Crippen molar-refractivity contribution in [2.45, 2.75) is 44.3 Å². The van der Waals surface area contributed by atoms with Gasteiger partial charge in [0.25, 0.3) is 0 Å². The predicted octanol–water partition coefficient (Wildman–Crippen LogP) is 2.60. The van der Waals surface area contributed by atoms with Gasteiger partial charge < -0.3 is 10.2 Å². The van der Waals surface area contributed by atoms with Crippen LogP contribution in [0.2, 0.25) is 0 Å². The largest absolute Gasteiger partial charge is 0.391 e. The van der Waals surface area contributed by atoms with E-state index in [-0.39, 0.29) is 23.3 Å². The third-order valence-electron chi connectivity index (χ3n) is 8.32. The Morgan fingerprint density at radius 2 is 1.58 bits per heavy atom. The van der Waals surface area contributed by atoms with E-state index >= 15 is 0 Å². The first kappa shape index (κ1) is 21.9. The van der Waals surface area contributed by atoms with Gasteiger partial charge >= 0.3 is 0 Å². The number of hydrogen-bond donors (Lipinski definition) is 2. The second kappa shape index (κ2) is 7.27. The van der Waals surface area contributed by atoms with Gasteiger partial charge in [-0.15, -0.1) is 0 Å². The highest BCUT2D eigenvalue weighted by atomic mass is 16.3. The van der Waals surface area contributed by atoms with E-state index in [1.165, 1.54) is 13.8 Å². The maximum absolute atomic E-state index is 14.0. The van der Waals surface area contributed by atoms with E-state index in [1.54, 1.807) is 24.3 Å². The van der Waals surface area contributed by atoms with Crippen LogP contribution in [0.5, 0.6) is 0 Å². The minimum Gasteiger partial charge on any atom is -0.391 e. The van der Waals surface area contributed by atoms with Crippen LogP contribution in [-0.4, -0.2) is 39.5 Å². The molecule has 2 fully saturated rings. The Kier molecular flexibility index (Phi) is 4.82. The summed E-state index contributed by atoms with van der Waals surface area (Å²) in [5.74, 6) is -5.14. The fourth-order valence-corrected chi connectivity index (χ4v) is 7.14. The molecule has 2 aromatic carbocycles. The number of benzene rings is 2. The number of rotatable bonds is 3. The average Bonchev–Trinajstić information content (AvgIpc) is 2.97. The second-order valence-corrected chi connectivity index (χ2v) is 9.78. The molecule has 3 aliphatic carbocycles. The van der Waals surface area contributed by atoms with Gasteiger partial charge in [0.1, 0.15) is 23.0 Å². The normalized spacial score (nSPS) is 37.2. The Bertz CT molecular complexity index is 1190. The van der Waals surface area contributed by atoms with Gasteiger partial charge in [-0.05, 0) is 43.2 Å². The molecule has 0 heterocycles.